The van der Waals surface area contributed by atoms with Gasteiger partial charge in [0.2, 0.25) is 0 Å². The zero-order valence-corrected chi connectivity index (χ0v) is 8.84. The zero-order chi connectivity index (χ0) is 11.3. The third-order valence-corrected chi connectivity index (χ3v) is 2.27. The van der Waals surface area contributed by atoms with Crippen molar-refractivity contribution in [2.45, 2.75) is 12.6 Å². The highest BCUT2D eigenvalue weighted by molar-refractivity contribution is 6.31. The maximum absolute atomic E-state index is 12.7. The number of hydrogen-bond donors (Lipinski definition) is 3. The number of nitrogens with one attached hydrogen (secondary N) is 1. The SMILES string of the molecule is OC[C@H](O)CNCc1ccc(F)cc1Cl. The highest BCUT2D eigenvalue weighted by atomic mass is 35.5. The number of rotatable bonds is 5. The lowest BCUT2D eigenvalue weighted by Gasteiger charge is -2.09. The van der Waals surface area contributed by atoms with E-state index >= 15 is 0 Å². The Labute approximate surface area is 92.5 Å². The van der Waals surface area contributed by atoms with E-state index < -0.39 is 6.10 Å². The number of aliphatic hydroxyl groups is 2. The fourth-order valence-corrected chi connectivity index (χ4v) is 1.34. The molecule has 0 aliphatic heterocycles. The molecule has 15 heavy (non-hydrogen) atoms. The molecule has 1 rings (SSSR count). The van der Waals surface area contributed by atoms with Crippen molar-refractivity contribution in [3.05, 3.63) is 34.6 Å². The van der Waals surface area contributed by atoms with Crippen molar-refractivity contribution in [3.63, 3.8) is 0 Å². The molecule has 0 saturated heterocycles. The van der Waals surface area contributed by atoms with E-state index in [2.05, 4.69) is 5.32 Å². The average molecular weight is 234 g/mol. The van der Waals surface area contributed by atoms with Crippen LogP contribution in [0.3, 0.4) is 0 Å². The molecular weight excluding hydrogens is 221 g/mol. The molecule has 0 fully saturated rings. The van der Waals surface area contributed by atoms with Gasteiger partial charge in [-0.05, 0) is 17.7 Å². The van der Waals surface area contributed by atoms with Crippen molar-refractivity contribution in [2.24, 2.45) is 0 Å². The Balaban J connectivity index is 2.44. The molecule has 0 aliphatic carbocycles. The van der Waals surface area contributed by atoms with Crippen molar-refractivity contribution in [3.8, 4) is 0 Å². The minimum atomic E-state index is -0.788. The second kappa shape index (κ2) is 6.02. The smallest absolute Gasteiger partial charge is 0.124 e. The number of hydrogen-bond acceptors (Lipinski definition) is 3. The van der Waals surface area contributed by atoms with E-state index in [1.54, 1.807) is 6.07 Å². The summed E-state index contributed by atoms with van der Waals surface area (Å²) in [5.74, 6) is -0.376. The van der Waals surface area contributed by atoms with E-state index in [0.29, 0.717) is 11.6 Å². The van der Waals surface area contributed by atoms with Gasteiger partial charge in [0, 0.05) is 18.1 Å². The Morgan fingerprint density at radius 2 is 2.20 bits per heavy atom. The molecule has 0 radical (unpaired) electrons. The predicted molar refractivity (Wildman–Crippen MR) is 56.2 cm³/mol. The van der Waals surface area contributed by atoms with Crippen LogP contribution in [0.1, 0.15) is 5.56 Å². The van der Waals surface area contributed by atoms with E-state index in [1.165, 1.54) is 12.1 Å². The second-order valence-electron chi connectivity index (χ2n) is 3.20. The van der Waals surface area contributed by atoms with Crippen molar-refractivity contribution >= 4 is 11.6 Å². The molecule has 1 atom stereocenters. The van der Waals surface area contributed by atoms with Crippen LogP contribution in [0.4, 0.5) is 4.39 Å². The first-order chi connectivity index (χ1) is 7.13. The largest absolute Gasteiger partial charge is 0.394 e. The first-order valence-corrected chi connectivity index (χ1v) is 4.95. The summed E-state index contributed by atoms with van der Waals surface area (Å²) in [6.45, 7) is 0.407. The van der Waals surface area contributed by atoms with Crippen LogP contribution in [-0.2, 0) is 6.54 Å². The molecule has 0 aliphatic rings. The first kappa shape index (κ1) is 12.4. The molecule has 3 nitrogen and oxygen atoms in total. The van der Waals surface area contributed by atoms with Crippen LogP contribution in [0.5, 0.6) is 0 Å². The van der Waals surface area contributed by atoms with Crippen molar-refractivity contribution in [1.82, 2.24) is 5.32 Å². The molecule has 0 aromatic heterocycles. The Kier molecular flexibility index (Phi) is 4.98. The van der Waals surface area contributed by atoms with Gasteiger partial charge in [0.15, 0.2) is 0 Å². The quantitative estimate of drug-likeness (QED) is 0.709. The summed E-state index contributed by atoms with van der Waals surface area (Å²) in [6.07, 6.45) is -0.788. The lowest BCUT2D eigenvalue weighted by Crippen LogP contribution is -2.29. The van der Waals surface area contributed by atoms with Gasteiger partial charge in [-0.25, -0.2) is 4.39 Å². The van der Waals surface area contributed by atoms with Gasteiger partial charge in [0.05, 0.1) is 12.7 Å². The van der Waals surface area contributed by atoms with Gasteiger partial charge in [-0.3, -0.25) is 0 Å². The summed E-state index contributed by atoms with van der Waals surface area (Å²) in [5.41, 5.74) is 0.753. The van der Waals surface area contributed by atoms with Crippen LogP contribution in [0.25, 0.3) is 0 Å². The van der Waals surface area contributed by atoms with Crippen molar-refractivity contribution in [2.75, 3.05) is 13.2 Å². The minimum absolute atomic E-state index is 0.268. The monoisotopic (exact) mass is 233 g/mol. The van der Waals surface area contributed by atoms with Gasteiger partial charge in [-0.2, -0.15) is 0 Å². The Morgan fingerprint density at radius 3 is 2.80 bits per heavy atom. The summed E-state index contributed by atoms with van der Waals surface area (Å²) >= 11 is 5.79. The van der Waals surface area contributed by atoms with Crippen LogP contribution in [0.15, 0.2) is 18.2 Å². The van der Waals surface area contributed by atoms with Crippen LogP contribution >= 0.6 is 11.6 Å². The standard InChI is InChI=1S/C10H13ClFNO2/c11-10-3-8(12)2-1-7(10)4-13-5-9(15)6-14/h1-3,9,13-15H,4-6H2/t9-/m1/s1. The fraction of sp³-hybridized carbons (Fsp3) is 0.400. The molecule has 84 valence electrons. The maximum atomic E-state index is 12.7. The molecule has 5 heteroatoms. The third kappa shape index (κ3) is 4.13. The van der Waals surface area contributed by atoms with Gasteiger partial charge in [-0.1, -0.05) is 17.7 Å². The Hall–Kier alpha value is -0.680. The van der Waals surface area contributed by atoms with E-state index in [1.807, 2.05) is 0 Å². The van der Waals surface area contributed by atoms with Gasteiger partial charge >= 0.3 is 0 Å². The molecule has 0 amide bonds. The highest BCUT2D eigenvalue weighted by Crippen LogP contribution is 2.16. The van der Waals surface area contributed by atoms with Crippen LogP contribution < -0.4 is 5.32 Å². The van der Waals surface area contributed by atoms with Crippen LogP contribution in [-0.4, -0.2) is 29.5 Å². The molecule has 0 spiro atoms. The molecule has 3 N–H and O–H groups in total. The van der Waals surface area contributed by atoms with Gasteiger partial charge < -0.3 is 15.5 Å². The normalized spacial score (nSPS) is 12.8. The van der Waals surface area contributed by atoms with E-state index in [0.717, 1.165) is 5.56 Å². The van der Waals surface area contributed by atoms with E-state index in [9.17, 15) is 4.39 Å². The zero-order valence-electron chi connectivity index (χ0n) is 8.08. The summed E-state index contributed by atoms with van der Waals surface area (Å²) < 4.78 is 12.7. The molecular formula is C10H13ClFNO2. The summed E-state index contributed by atoms with van der Waals surface area (Å²) in [4.78, 5) is 0. The summed E-state index contributed by atoms with van der Waals surface area (Å²) in [6, 6.07) is 4.14. The topological polar surface area (TPSA) is 52.5 Å². The summed E-state index contributed by atoms with van der Waals surface area (Å²) in [7, 11) is 0. The first-order valence-electron chi connectivity index (χ1n) is 4.57. The van der Waals surface area contributed by atoms with Crippen molar-refractivity contribution in [1.29, 1.82) is 0 Å². The maximum Gasteiger partial charge on any atom is 0.124 e. The van der Waals surface area contributed by atoms with E-state index in [4.69, 9.17) is 21.8 Å². The average Bonchev–Trinajstić information content (AvgIpc) is 2.21. The Morgan fingerprint density at radius 1 is 1.47 bits per heavy atom. The highest BCUT2D eigenvalue weighted by Gasteiger charge is 2.04. The number of aliphatic hydroxyl groups excluding tert-OH is 2. The molecule has 0 saturated carbocycles. The fourth-order valence-electron chi connectivity index (χ4n) is 1.10. The number of halogens is 2. The predicted octanol–water partition coefficient (Wildman–Crippen LogP) is 0.922. The molecule has 1 aromatic carbocycles. The molecule has 0 unspecified atom stereocenters. The molecule has 0 heterocycles. The number of benzene rings is 1. The lowest BCUT2D eigenvalue weighted by atomic mass is 10.2. The lowest BCUT2D eigenvalue weighted by molar-refractivity contribution is 0.0942. The Bertz CT molecular complexity index is 322. The third-order valence-electron chi connectivity index (χ3n) is 1.92. The molecule has 0 bridgehead atoms. The second-order valence-corrected chi connectivity index (χ2v) is 3.61. The van der Waals surface area contributed by atoms with Crippen LogP contribution in [0, 0.1) is 5.82 Å². The van der Waals surface area contributed by atoms with Gasteiger partial charge in [0.25, 0.3) is 0 Å². The molecule has 1 aromatic rings. The minimum Gasteiger partial charge on any atom is -0.394 e. The van der Waals surface area contributed by atoms with Gasteiger partial charge in [-0.15, -0.1) is 0 Å². The van der Waals surface area contributed by atoms with Crippen molar-refractivity contribution < 1.29 is 14.6 Å². The van der Waals surface area contributed by atoms with Crippen LogP contribution in [0.2, 0.25) is 5.02 Å². The summed E-state index contributed by atoms with van der Waals surface area (Å²) in [5, 5.41) is 20.8. The van der Waals surface area contributed by atoms with E-state index in [-0.39, 0.29) is 19.0 Å². The van der Waals surface area contributed by atoms with Gasteiger partial charge in [0.1, 0.15) is 5.82 Å².